The Morgan fingerprint density at radius 1 is 1.48 bits per heavy atom. The van der Waals surface area contributed by atoms with Crippen LogP contribution >= 0.6 is 0 Å². The number of aliphatic imine (C=N–C) groups is 1. The van der Waals surface area contributed by atoms with E-state index in [1.54, 1.807) is 6.92 Å². The van der Waals surface area contributed by atoms with E-state index in [2.05, 4.69) is 20.3 Å². The lowest BCUT2D eigenvalue weighted by molar-refractivity contribution is 0.169. The van der Waals surface area contributed by atoms with Crippen LogP contribution < -0.4 is 10.8 Å². The minimum atomic E-state index is -1.18. The molecule has 1 aliphatic rings. The molecule has 21 heavy (non-hydrogen) atoms. The summed E-state index contributed by atoms with van der Waals surface area (Å²) >= 11 is 0. The highest BCUT2D eigenvalue weighted by atomic mass is 19.1. The van der Waals surface area contributed by atoms with Crippen molar-refractivity contribution >= 4 is 17.6 Å². The number of hydrogen-bond acceptors (Lipinski definition) is 5. The second-order valence-corrected chi connectivity index (χ2v) is 4.14. The number of urea groups is 1. The Hall–Kier alpha value is -2.68. The molecule has 1 aromatic rings. The van der Waals surface area contributed by atoms with Gasteiger partial charge in [0.15, 0.2) is 0 Å². The molecule has 9 heteroatoms. The van der Waals surface area contributed by atoms with E-state index in [4.69, 9.17) is 5.21 Å². The average molecular weight is 295 g/mol. The minimum Gasteiger partial charge on any atom is -0.338 e. The number of amides is 2. The van der Waals surface area contributed by atoms with Gasteiger partial charge in [-0.05, 0) is 6.92 Å². The molecule has 0 fully saturated rings. The number of aryl methyl sites for hydroxylation is 1. The molecule has 0 atom stereocenters. The van der Waals surface area contributed by atoms with E-state index < -0.39 is 29.8 Å². The van der Waals surface area contributed by atoms with Gasteiger partial charge in [0.05, 0.1) is 11.4 Å². The summed E-state index contributed by atoms with van der Waals surface area (Å²) in [4.78, 5) is 21.7. The maximum atomic E-state index is 13.9. The molecule has 1 aliphatic carbocycles. The number of nitrogens with zero attached hydrogens (tertiary/aromatic N) is 3. The third-order valence-corrected chi connectivity index (χ3v) is 2.64. The van der Waals surface area contributed by atoms with Crippen molar-refractivity contribution in [2.24, 2.45) is 4.99 Å². The standard InChI is InChI=1S/C12H11F2N5O2/c1-6-4-15-5-16-11(6)17-9-2-8(14)10(3-7(9)13)18-12(20)19-21/h2,4-5,21H,3H2,1H3,(H,19,20)(H,15,16,17). The van der Waals surface area contributed by atoms with Crippen molar-refractivity contribution < 1.29 is 18.8 Å². The van der Waals surface area contributed by atoms with Gasteiger partial charge in [0, 0.05) is 24.3 Å². The Balaban J connectivity index is 2.24. The fraction of sp³-hybridized carbons (Fsp3) is 0.167. The predicted molar refractivity (Wildman–Crippen MR) is 70.1 cm³/mol. The van der Waals surface area contributed by atoms with E-state index in [1.807, 2.05) is 0 Å². The molecule has 7 nitrogen and oxygen atoms in total. The highest BCUT2D eigenvalue weighted by Gasteiger charge is 2.21. The number of allylic oxidation sites excluding steroid dienone is 3. The Kier molecular flexibility index (Phi) is 4.33. The van der Waals surface area contributed by atoms with E-state index in [0.717, 1.165) is 6.08 Å². The van der Waals surface area contributed by atoms with Gasteiger partial charge >= 0.3 is 6.03 Å². The molecule has 0 aromatic carbocycles. The topological polar surface area (TPSA) is 99.5 Å². The third-order valence-electron chi connectivity index (χ3n) is 2.64. The van der Waals surface area contributed by atoms with Crippen molar-refractivity contribution in [3.63, 3.8) is 0 Å². The van der Waals surface area contributed by atoms with Gasteiger partial charge in [0.2, 0.25) is 0 Å². The molecule has 3 N–H and O–H groups in total. The zero-order chi connectivity index (χ0) is 15.4. The summed E-state index contributed by atoms with van der Waals surface area (Å²) in [6.45, 7) is 1.71. The van der Waals surface area contributed by atoms with Crippen molar-refractivity contribution in [3.05, 3.63) is 41.5 Å². The fourth-order valence-corrected chi connectivity index (χ4v) is 1.62. The Morgan fingerprint density at radius 2 is 2.24 bits per heavy atom. The molecule has 1 aromatic heterocycles. The second-order valence-electron chi connectivity index (χ2n) is 4.14. The van der Waals surface area contributed by atoms with Crippen LogP contribution in [0.2, 0.25) is 0 Å². The van der Waals surface area contributed by atoms with E-state index in [0.29, 0.717) is 11.4 Å². The van der Waals surface area contributed by atoms with E-state index in [1.165, 1.54) is 18.0 Å². The van der Waals surface area contributed by atoms with Crippen LogP contribution in [0.15, 0.2) is 40.9 Å². The number of carbonyl (C=O) groups is 1. The van der Waals surface area contributed by atoms with Gasteiger partial charge in [-0.15, -0.1) is 0 Å². The molecule has 0 unspecified atom stereocenters. The van der Waals surface area contributed by atoms with Gasteiger partial charge in [0.1, 0.15) is 23.8 Å². The molecule has 0 saturated heterocycles. The van der Waals surface area contributed by atoms with E-state index in [9.17, 15) is 13.6 Å². The molecule has 110 valence electrons. The summed E-state index contributed by atoms with van der Waals surface area (Å²) in [5.41, 5.74) is 1.35. The van der Waals surface area contributed by atoms with Crippen LogP contribution in [0.1, 0.15) is 12.0 Å². The van der Waals surface area contributed by atoms with Crippen LogP contribution in [-0.4, -0.2) is 26.9 Å². The molecule has 0 radical (unpaired) electrons. The van der Waals surface area contributed by atoms with Gasteiger partial charge in [-0.25, -0.2) is 29.0 Å². The quantitative estimate of drug-likeness (QED) is 0.573. The number of rotatable bonds is 2. The smallest absolute Gasteiger partial charge is 0.338 e. The van der Waals surface area contributed by atoms with Crippen LogP contribution in [0.3, 0.4) is 0 Å². The van der Waals surface area contributed by atoms with Crippen molar-refractivity contribution in [2.45, 2.75) is 13.3 Å². The molecule has 2 amide bonds. The molecule has 2 rings (SSSR count). The average Bonchev–Trinajstić information content (AvgIpc) is 2.46. The maximum Gasteiger partial charge on any atom is 0.364 e. The molecule has 0 spiro atoms. The molecular formula is C12H11F2N5O2. The van der Waals surface area contributed by atoms with Crippen molar-refractivity contribution in [3.8, 4) is 0 Å². The summed E-state index contributed by atoms with van der Waals surface area (Å²) in [7, 11) is 0. The first kappa shape index (κ1) is 14.7. The Labute approximate surface area is 118 Å². The van der Waals surface area contributed by atoms with E-state index >= 15 is 0 Å². The normalized spacial score (nSPS) is 16.8. The summed E-state index contributed by atoms with van der Waals surface area (Å²) < 4.78 is 27.7. The highest BCUT2D eigenvalue weighted by molar-refractivity contribution is 6.06. The number of halogens is 2. The molecule has 0 saturated carbocycles. The predicted octanol–water partition coefficient (Wildman–Crippen LogP) is 2.17. The van der Waals surface area contributed by atoms with Gasteiger partial charge in [-0.3, -0.25) is 5.21 Å². The zero-order valence-electron chi connectivity index (χ0n) is 10.9. The number of nitrogens with one attached hydrogen (secondary N) is 2. The van der Waals surface area contributed by atoms with Gasteiger partial charge in [-0.2, -0.15) is 4.99 Å². The van der Waals surface area contributed by atoms with Crippen LogP contribution in [0, 0.1) is 6.92 Å². The maximum absolute atomic E-state index is 13.9. The first-order valence-electron chi connectivity index (χ1n) is 5.82. The SMILES string of the molecule is Cc1cncnc1NC1=C(F)CC(=NC(=O)NO)C(F)=C1. The van der Waals surface area contributed by atoms with E-state index in [-0.39, 0.29) is 5.70 Å². The van der Waals surface area contributed by atoms with Crippen LogP contribution in [0.5, 0.6) is 0 Å². The van der Waals surface area contributed by atoms with Crippen molar-refractivity contribution in [1.29, 1.82) is 0 Å². The largest absolute Gasteiger partial charge is 0.364 e. The number of carbonyl (C=O) groups excluding carboxylic acids is 1. The monoisotopic (exact) mass is 295 g/mol. The molecule has 0 aliphatic heterocycles. The highest BCUT2D eigenvalue weighted by Crippen LogP contribution is 2.25. The summed E-state index contributed by atoms with van der Waals surface area (Å²) in [6, 6.07) is -1.18. The Morgan fingerprint density at radius 3 is 2.90 bits per heavy atom. The van der Waals surface area contributed by atoms with Crippen molar-refractivity contribution in [2.75, 3.05) is 5.32 Å². The molecule has 1 heterocycles. The van der Waals surface area contributed by atoms with Gasteiger partial charge in [0.25, 0.3) is 0 Å². The lowest BCUT2D eigenvalue weighted by atomic mass is 10.1. The Bertz CT molecular complexity index is 669. The first-order valence-corrected chi connectivity index (χ1v) is 5.82. The summed E-state index contributed by atoms with van der Waals surface area (Å²) in [5.74, 6) is -1.25. The number of hydrogen-bond donors (Lipinski definition) is 3. The minimum absolute atomic E-state index is 0.113. The fourth-order valence-electron chi connectivity index (χ4n) is 1.62. The van der Waals surface area contributed by atoms with Crippen LogP contribution in [0.25, 0.3) is 0 Å². The van der Waals surface area contributed by atoms with Crippen molar-refractivity contribution in [1.82, 2.24) is 15.4 Å². The summed E-state index contributed by atoms with van der Waals surface area (Å²) in [5, 5.41) is 11.0. The second kappa shape index (κ2) is 6.18. The van der Waals surface area contributed by atoms with Crippen LogP contribution in [0.4, 0.5) is 19.4 Å². The zero-order valence-corrected chi connectivity index (χ0v) is 10.9. The number of aromatic nitrogens is 2. The molecular weight excluding hydrogens is 284 g/mol. The summed E-state index contributed by atoms with van der Waals surface area (Å²) in [6.07, 6.45) is 3.15. The third kappa shape index (κ3) is 3.45. The van der Waals surface area contributed by atoms with Gasteiger partial charge in [-0.1, -0.05) is 0 Å². The first-order chi connectivity index (χ1) is 10.0. The number of hydroxylamine groups is 1. The molecule has 0 bridgehead atoms. The number of anilines is 1. The van der Waals surface area contributed by atoms with Crippen LogP contribution in [-0.2, 0) is 0 Å². The lowest BCUT2D eigenvalue weighted by Crippen LogP contribution is -2.19. The lowest BCUT2D eigenvalue weighted by Gasteiger charge is -2.15. The van der Waals surface area contributed by atoms with Gasteiger partial charge < -0.3 is 5.32 Å².